The largest absolute Gasteiger partial charge is 0.341 e. The second kappa shape index (κ2) is 4.58. The summed E-state index contributed by atoms with van der Waals surface area (Å²) in [4.78, 5) is 15.4. The van der Waals surface area contributed by atoms with E-state index in [-0.39, 0.29) is 16.2 Å². The van der Waals surface area contributed by atoms with Crippen LogP contribution >= 0.6 is 15.9 Å². The van der Waals surface area contributed by atoms with Crippen molar-refractivity contribution in [1.82, 2.24) is 4.90 Å². The maximum atomic E-state index is 13.2. The lowest BCUT2D eigenvalue weighted by atomic mass is 9.43. The predicted octanol–water partition coefficient (Wildman–Crippen LogP) is 4.23. The second-order valence-electron chi connectivity index (χ2n) is 7.52. The van der Waals surface area contributed by atoms with Crippen molar-refractivity contribution in [3.8, 4) is 0 Å². The van der Waals surface area contributed by atoms with Crippen LogP contribution in [0, 0.1) is 16.2 Å². The highest BCUT2D eigenvalue weighted by Gasteiger charge is 2.80. The highest BCUT2D eigenvalue weighted by molar-refractivity contribution is 9.09. The van der Waals surface area contributed by atoms with Crippen molar-refractivity contribution in [3.63, 3.8) is 0 Å². The van der Waals surface area contributed by atoms with E-state index in [2.05, 4.69) is 48.8 Å². The first-order chi connectivity index (χ1) is 9.77. The Labute approximate surface area is 136 Å². The molecule has 0 saturated heterocycles. The Morgan fingerprint density at radius 1 is 1.24 bits per heavy atom. The third kappa shape index (κ3) is 1.67. The Hall–Kier alpha value is -0.830. The Kier molecular flexibility index (Phi) is 3.29. The number of carbonyl (C=O) groups excluding carboxylic acids is 1. The molecule has 3 fully saturated rings. The monoisotopic (exact) mass is 349 g/mol. The van der Waals surface area contributed by atoms with Crippen LogP contribution < -0.4 is 0 Å². The van der Waals surface area contributed by atoms with Crippen molar-refractivity contribution >= 4 is 21.8 Å². The van der Waals surface area contributed by atoms with E-state index in [0.29, 0.717) is 17.3 Å². The number of hydrogen-bond acceptors (Lipinski definition) is 1. The topological polar surface area (TPSA) is 20.3 Å². The lowest BCUT2D eigenvalue weighted by molar-refractivity contribution is -0.172. The smallest absolute Gasteiger partial charge is 0.230 e. The molecule has 0 aromatic heterocycles. The van der Waals surface area contributed by atoms with E-state index in [4.69, 9.17) is 0 Å². The third-order valence-electron chi connectivity index (χ3n) is 6.56. The van der Waals surface area contributed by atoms with E-state index in [1.807, 2.05) is 30.1 Å². The van der Waals surface area contributed by atoms with Gasteiger partial charge >= 0.3 is 0 Å². The summed E-state index contributed by atoms with van der Waals surface area (Å²) in [5.41, 5.74) is 1.27. The molecule has 0 heterocycles. The lowest BCUT2D eigenvalue weighted by Crippen LogP contribution is -2.69. The van der Waals surface area contributed by atoms with Gasteiger partial charge in [-0.1, -0.05) is 67.0 Å². The number of alkyl halides is 1. The molecule has 3 aliphatic carbocycles. The summed E-state index contributed by atoms with van der Waals surface area (Å²) < 4.78 is 0. The van der Waals surface area contributed by atoms with E-state index in [9.17, 15) is 4.79 Å². The minimum absolute atomic E-state index is 0.0657. The molecule has 1 aromatic carbocycles. The zero-order chi connectivity index (χ0) is 15.5. The van der Waals surface area contributed by atoms with Crippen LogP contribution in [-0.4, -0.2) is 22.7 Å². The molecule has 3 unspecified atom stereocenters. The van der Waals surface area contributed by atoms with E-state index >= 15 is 0 Å². The molecule has 4 rings (SSSR count). The van der Waals surface area contributed by atoms with E-state index in [0.717, 1.165) is 12.8 Å². The van der Waals surface area contributed by atoms with Gasteiger partial charge < -0.3 is 4.90 Å². The summed E-state index contributed by atoms with van der Waals surface area (Å²) >= 11 is 3.85. The summed E-state index contributed by atoms with van der Waals surface area (Å²) in [5, 5.41) is 0. The van der Waals surface area contributed by atoms with E-state index < -0.39 is 0 Å². The van der Waals surface area contributed by atoms with Crippen LogP contribution in [-0.2, 0) is 11.3 Å². The first-order valence-corrected chi connectivity index (χ1v) is 8.62. The van der Waals surface area contributed by atoms with Crippen LogP contribution in [0.1, 0.15) is 39.2 Å². The molecule has 2 nitrogen and oxygen atoms in total. The predicted molar refractivity (Wildman–Crippen MR) is 89.2 cm³/mol. The van der Waals surface area contributed by atoms with Crippen molar-refractivity contribution in [2.45, 2.75) is 45.0 Å². The van der Waals surface area contributed by atoms with Gasteiger partial charge in [-0.3, -0.25) is 4.79 Å². The van der Waals surface area contributed by atoms with Crippen molar-refractivity contribution in [1.29, 1.82) is 0 Å². The average Bonchev–Trinajstić information content (AvgIpc) is 2.87. The number of benzene rings is 1. The fourth-order valence-electron chi connectivity index (χ4n) is 4.70. The normalized spacial score (nSPS) is 36.1. The molecule has 0 aliphatic heterocycles. The van der Waals surface area contributed by atoms with Gasteiger partial charge in [-0.2, -0.15) is 0 Å². The minimum Gasteiger partial charge on any atom is -0.341 e. The minimum atomic E-state index is -0.231. The molecule has 3 saturated carbocycles. The molecule has 114 valence electrons. The lowest BCUT2D eigenvalue weighted by Gasteiger charge is -2.64. The van der Waals surface area contributed by atoms with E-state index in [1.54, 1.807) is 0 Å². The summed E-state index contributed by atoms with van der Waals surface area (Å²) in [6, 6.07) is 10.2. The number of halogens is 1. The Morgan fingerprint density at radius 2 is 1.86 bits per heavy atom. The number of fused-ring (bicyclic) bond motifs is 1. The fraction of sp³-hybridized carbons (Fsp3) is 0.611. The van der Waals surface area contributed by atoms with Gasteiger partial charge in [-0.25, -0.2) is 0 Å². The van der Waals surface area contributed by atoms with Crippen molar-refractivity contribution in [2.24, 2.45) is 16.2 Å². The van der Waals surface area contributed by atoms with Crippen LogP contribution in [0.5, 0.6) is 0 Å². The number of nitrogens with zero attached hydrogens (tertiary/aromatic N) is 1. The first-order valence-electron chi connectivity index (χ1n) is 7.71. The zero-order valence-electron chi connectivity index (χ0n) is 13.3. The van der Waals surface area contributed by atoms with Crippen LogP contribution in [0.15, 0.2) is 30.3 Å². The highest BCUT2D eigenvalue weighted by Crippen LogP contribution is 2.80. The van der Waals surface area contributed by atoms with E-state index in [1.165, 1.54) is 5.56 Å². The van der Waals surface area contributed by atoms with Gasteiger partial charge in [0.1, 0.15) is 0 Å². The van der Waals surface area contributed by atoms with Gasteiger partial charge in [0.05, 0.1) is 5.41 Å². The molecule has 3 atom stereocenters. The van der Waals surface area contributed by atoms with Crippen molar-refractivity contribution in [3.05, 3.63) is 35.9 Å². The quantitative estimate of drug-likeness (QED) is 0.747. The number of hydrogen-bond donors (Lipinski definition) is 0. The molecule has 3 heteroatoms. The molecular formula is C18H24BrNO. The maximum absolute atomic E-state index is 13.2. The van der Waals surface area contributed by atoms with Crippen LogP contribution in [0.3, 0.4) is 0 Å². The first kappa shape index (κ1) is 15.1. The summed E-state index contributed by atoms with van der Waals surface area (Å²) in [6.45, 7) is 7.55. The Balaban J connectivity index is 1.83. The fourth-order valence-corrected chi connectivity index (χ4v) is 6.50. The SMILES string of the molecule is CN(Cc1ccccc1)C(=O)C12CCC(C)(C1Br)C2(C)C. The second-order valence-corrected chi connectivity index (χ2v) is 8.44. The Morgan fingerprint density at radius 3 is 2.33 bits per heavy atom. The molecule has 3 aliphatic rings. The van der Waals surface area contributed by atoms with Gasteiger partial charge in [0, 0.05) is 18.4 Å². The van der Waals surface area contributed by atoms with Gasteiger partial charge in [0.2, 0.25) is 5.91 Å². The Bertz CT molecular complexity index is 570. The molecular weight excluding hydrogens is 326 g/mol. The molecule has 1 aromatic rings. The number of carbonyl (C=O) groups is 1. The van der Waals surface area contributed by atoms with Crippen molar-refractivity contribution < 1.29 is 4.79 Å². The molecule has 0 N–H and O–H groups in total. The molecule has 21 heavy (non-hydrogen) atoms. The van der Waals surface area contributed by atoms with Gasteiger partial charge in [-0.15, -0.1) is 0 Å². The summed E-state index contributed by atoms with van der Waals surface area (Å²) in [5.74, 6) is 0.299. The zero-order valence-corrected chi connectivity index (χ0v) is 14.9. The summed E-state index contributed by atoms with van der Waals surface area (Å²) in [6.07, 6.45) is 2.14. The standard InChI is InChI=1S/C18H24BrNO/c1-16(2)17(3)10-11-18(16,14(17)19)15(21)20(4)12-13-8-6-5-7-9-13/h5-9,14H,10-12H2,1-4H3. The van der Waals surface area contributed by atoms with Crippen LogP contribution in [0.4, 0.5) is 0 Å². The van der Waals surface area contributed by atoms with Crippen LogP contribution in [0.2, 0.25) is 0 Å². The maximum Gasteiger partial charge on any atom is 0.230 e. The van der Waals surface area contributed by atoms with Crippen molar-refractivity contribution in [2.75, 3.05) is 7.05 Å². The van der Waals surface area contributed by atoms with Gasteiger partial charge in [0.15, 0.2) is 0 Å². The average molecular weight is 350 g/mol. The molecule has 2 bridgehead atoms. The van der Waals surface area contributed by atoms with Gasteiger partial charge in [0.25, 0.3) is 0 Å². The van der Waals surface area contributed by atoms with Crippen LogP contribution in [0.25, 0.3) is 0 Å². The highest BCUT2D eigenvalue weighted by atomic mass is 79.9. The molecule has 0 radical (unpaired) electrons. The molecule has 1 amide bonds. The number of amides is 1. The van der Waals surface area contributed by atoms with Gasteiger partial charge in [-0.05, 0) is 29.2 Å². The third-order valence-corrected chi connectivity index (χ3v) is 8.36. The number of rotatable bonds is 3. The summed E-state index contributed by atoms with van der Waals surface area (Å²) in [7, 11) is 1.94. The molecule has 0 spiro atoms.